The fourth-order valence-electron chi connectivity index (χ4n) is 5.22. The van der Waals surface area contributed by atoms with E-state index < -0.39 is 89.9 Å². The molecule has 2 rings (SSSR count). The van der Waals surface area contributed by atoms with Gasteiger partial charge >= 0.3 is 59.6 Å². The Morgan fingerprint density at radius 3 is 1.55 bits per heavy atom. The highest BCUT2D eigenvalue weighted by molar-refractivity contribution is 5.80. The third-order valence-electron chi connectivity index (χ3n) is 8.66. The Labute approximate surface area is 267 Å². The Kier molecular flexibility index (Phi) is 11.4. The van der Waals surface area contributed by atoms with Gasteiger partial charge in [0, 0.05) is 0 Å². The van der Waals surface area contributed by atoms with E-state index in [9.17, 15) is 84.2 Å². The molecule has 1 heterocycles. The second kappa shape index (κ2) is 13.0. The van der Waals surface area contributed by atoms with Crippen LogP contribution in [-0.2, 0) is 23.8 Å². The topological polar surface area (TPSA) is 65.1 Å². The highest BCUT2D eigenvalue weighted by Gasteiger charge is 2.95. The van der Waals surface area contributed by atoms with Gasteiger partial charge < -0.3 is 14.2 Å². The summed E-state index contributed by atoms with van der Waals surface area (Å²) in [5, 5.41) is 0. The molecule has 0 aromatic rings. The number of hydrogen-bond donors (Lipinski definition) is 0. The SMILES string of the molecule is CCC(C)(CC(C)(C)C(=O)OCCC(F)(F)C(F)(F)C(F)(F)C(F)(F)C(F)(F)C(F)(F)C(F)(F)C(F)(F)F)C(=O)OCC1CCC2OC2C1. The van der Waals surface area contributed by atoms with Crippen LogP contribution in [-0.4, -0.2) is 85.0 Å². The third-order valence-corrected chi connectivity index (χ3v) is 8.66. The molecule has 0 aromatic heterocycles. The van der Waals surface area contributed by atoms with Gasteiger partial charge in [0.1, 0.15) is 0 Å². The molecular formula is C27H31F17O5. The number of halogens is 17. The quantitative estimate of drug-likeness (QED) is 0.0895. The summed E-state index contributed by atoms with van der Waals surface area (Å²) < 4.78 is 244. The third kappa shape index (κ3) is 7.39. The zero-order chi connectivity index (χ0) is 38.7. The molecule has 22 heteroatoms. The molecule has 0 bridgehead atoms. The second-order valence-corrected chi connectivity index (χ2v) is 13.0. The van der Waals surface area contributed by atoms with Crippen molar-refractivity contribution in [1.82, 2.24) is 0 Å². The molecule has 0 aromatic carbocycles. The number of hydrogen-bond acceptors (Lipinski definition) is 5. The standard InChI is InChI=1S/C27H31F17O5/c1-5-19(4,17(46)48-11-13-6-7-14-15(10-13)49-14)12-18(2,3)16(45)47-9-8-20(28,29)21(30,31)22(32,33)23(34,35)24(36,37)25(38,39)26(40,41)27(42,43)44/h13-15H,5-12H2,1-4H3. The molecule has 0 amide bonds. The first-order valence-corrected chi connectivity index (χ1v) is 14.3. The fraction of sp³-hybridized carbons (Fsp3) is 0.926. The van der Waals surface area contributed by atoms with Crippen LogP contribution in [0.1, 0.15) is 66.2 Å². The molecule has 2 aliphatic rings. The van der Waals surface area contributed by atoms with E-state index in [1.165, 1.54) is 13.8 Å². The summed E-state index contributed by atoms with van der Waals surface area (Å²) >= 11 is 0. The smallest absolute Gasteiger partial charge is 0.460 e. The van der Waals surface area contributed by atoms with E-state index >= 15 is 0 Å². The normalized spacial score (nSPS) is 23.0. The molecule has 0 N–H and O–H groups in total. The molecule has 0 spiro atoms. The van der Waals surface area contributed by atoms with Crippen molar-refractivity contribution in [2.75, 3.05) is 13.2 Å². The summed E-state index contributed by atoms with van der Waals surface area (Å²) in [4.78, 5) is 25.5. The van der Waals surface area contributed by atoms with Gasteiger partial charge in [0.2, 0.25) is 0 Å². The van der Waals surface area contributed by atoms with Crippen molar-refractivity contribution < 1.29 is 98.4 Å². The van der Waals surface area contributed by atoms with E-state index in [2.05, 4.69) is 4.74 Å². The van der Waals surface area contributed by atoms with Crippen LogP contribution in [0.25, 0.3) is 0 Å². The number of esters is 2. The number of epoxide rings is 1. The van der Waals surface area contributed by atoms with Crippen molar-refractivity contribution in [3.8, 4) is 0 Å². The minimum Gasteiger partial charge on any atom is -0.465 e. The zero-order valence-corrected chi connectivity index (χ0v) is 25.9. The summed E-state index contributed by atoms with van der Waals surface area (Å²) in [5.41, 5.74) is -3.33. The molecule has 5 nitrogen and oxygen atoms in total. The Balaban J connectivity index is 2.14. The second-order valence-electron chi connectivity index (χ2n) is 13.0. The van der Waals surface area contributed by atoms with Gasteiger partial charge in [-0.3, -0.25) is 9.59 Å². The van der Waals surface area contributed by atoms with Crippen LogP contribution in [0.4, 0.5) is 74.6 Å². The van der Waals surface area contributed by atoms with Crippen LogP contribution < -0.4 is 0 Å². The number of alkyl halides is 17. The lowest BCUT2D eigenvalue weighted by Gasteiger charge is -2.42. The van der Waals surface area contributed by atoms with Crippen LogP contribution in [0, 0.1) is 16.7 Å². The molecular weight excluding hydrogens is 727 g/mol. The summed E-state index contributed by atoms with van der Waals surface area (Å²) in [7, 11) is 0. The summed E-state index contributed by atoms with van der Waals surface area (Å²) in [6.45, 7) is 2.88. The molecule has 49 heavy (non-hydrogen) atoms. The number of carbonyl (C=O) groups is 2. The summed E-state index contributed by atoms with van der Waals surface area (Å²) in [6.07, 6.45) is -8.90. The first-order chi connectivity index (χ1) is 21.6. The first kappa shape index (κ1) is 42.9. The van der Waals surface area contributed by atoms with E-state index in [0.717, 1.165) is 20.3 Å². The number of carbonyl (C=O) groups excluding carboxylic acids is 2. The van der Waals surface area contributed by atoms with Crippen molar-refractivity contribution in [3.63, 3.8) is 0 Å². The van der Waals surface area contributed by atoms with Crippen molar-refractivity contribution in [1.29, 1.82) is 0 Å². The van der Waals surface area contributed by atoms with Gasteiger partial charge in [0.15, 0.2) is 0 Å². The molecule has 1 saturated heterocycles. The monoisotopic (exact) mass is 758 g/mol. The highest BCUT2D eigenvalue weighted by Crippen LogP contribution is 2.64. The van der Waals surface area contributed by atoms with E-state index in [1.807, 2.05) is 0 Å². The first-order valence-electron chi connectivity index (χ1n) is 14.3. The summed E-state index contributed by atoms with van der Waals surface area (Å²) in [6, 6.07) is 0. The lowest BCUT2D eigenvalue weighted by molar-refractivity contribution is -0.461. The maximum atomic E-state index is 14.2. The van der Waals surface area contributed by atoms with Gasteiger partial charge in [0.25, 0.3) is 0 Å². The fourth-order valence-corrected chi connectivity index (χ4v) is 5.22. The molecule has 4 atom stereocenters. The maximum absolute atomic E-state index is 14.2. The van der Waals surface area contributed by atoms with Gasteiger partial charge in [-0.15, -0.1) is 0 Å². The van der Waals surface area contributed by atoms with E-state index in [0.29, 0.717) is 12.8 Å². The molecule has 1 saturated carbocycles. The molecule has 1 aliphatic heterocycles. The van der Waals surface area contributed by atoms with E-state index in [1.54, 1.807) is 0 Å². The largest absolute Gasteiger partial charge is 0.465 e. The number of ether oxygens (including phenoxy) is 3. The Bertz CT molecular complexity index is 1220. The van der Waals surface area contributed by atoms with Crippen LogP contribution >= 0.6 is 0 Å². The maximum Gasteiger partial charge on any atom is 0.460 e. The van der Waals surface area contributed by atoms with Crippen molar-refractivity contribution in [3.05, 3.63) is 0 Å². The lowest BCUT2D eigenvalue weighted by atomic mass is 9.72. The Morgan fingerprint density at radius 2 is 1.10 bits per heavy atom. The average Bonchev–Trinajstić information content (AvgIpc) is 3.73. The van der Waals surface area contributed by atoms with Gasteiger partial charge in [-0.25, -0.2) is 0 Å². The lowest BCUT2D eigenvalue weighted by Crippen LogP contribution is -2.74. The van der Waals surface area contributed by atoms with Crippen molar-refractivity contribution in [2.45, 2.75) is 126 Å². The zero-order valence-electron chi connectivity index (χ0n) is 25.9. The van der Waals surface area contributed by atoms with Gasteiger partial charge in [0.05, 0.1) is 42.7 Å². The number of fused-ring (bicyclic) bond motifs is 1. The Morgan fingerprint density at radius 1 is 0.633 bits per heavy atom. The van der Waals surface area contributed by atoms with Gasteiger partial charge in [-0.05, 0) is 58.8 Å². The number of rotatable bonds is 16. The van der Waals surface area contributed by atoms with Crippen molar-refractivity contribution >= 4 is 11.9 Å². The summed E-state index contributed by atoms with van der Waals surface area (Å²) in [5.74, 6) is -59.6. The molecule has 0 radical (unpaired) electrons. The minimum absolute atomic E-state index is 0.00676. The van der Waals surface area contributed by atoms with Gasteiger partial charge in [-0.2, -0.15) is 74.6 Å². The van der Waals surface area contributed by atoms with Gasteiger partial charge in [-0.1, -0.05) is 6.92 Å². The van der Waals surface area contributed by atoms with Crippen LogP contribution in [0.2, 0.25) is 0 Å². The van der Waals surface area contributed by atoms with Crippen LogP contribution in [0.5, 0.6) is 0 Å². The van der Waals surface area contributed by atoms with E-state index in [4.69, 9.17) is 9.47 Å². The molecule has 288 valence electrons. The predicted molar refractivity (Wildman–Crippen MR) is 130 cm³/mol. The van der Waals surface area contributed by atoms with Crippen LogP contribution in [0.15, 0.2) is 0 Å². The molecule has 2 fully saturated rings. The minimum atomic E-state index is -8.73. The highest BCUT2D eigenvalue weighted by atomic mass is 19.4. The Hall–Kier alpha value is -2.29. The van der Waals surface area contributed by atoms with Crippen molar-refractivity contribution in [2.24, 2.45) is 16.7 Å². The predicted octanol–water partition coefficient (Wildman–Crippen LogP) is 8.87. The van der Waals surface area contributed by atoms with Crippen LogP contribution in [0.3, 0.4) is 0 Å². The molecule has 4 unspecified atom stereocenters. The van der Waals surface area contributed by atoms with E-state index in [-0.39, 0.29) is 31.2 Å². The average molecular weight is 759 g/mol. The molecule has 1 aliphatic carbocycles.